The second kappa shape index (κ2) is 10.4. The Morgan fingerprint density at radius 2 is 1.84 bits per heavy atom. The molecule has 0 bridgehead atoms. The van der Waals surface area contributed by atoms with Gasteiger partial charge < -0.3 is 23.9 Å². The number of hydrogen-bond donors (Lipinski definition) is 1. The SMILES string of the molecule is COc1cccc2cc(C(=O)C3=C(O)C(=O)N(CCN4CCOCC4)[C@@H]3c3ccc(C(C)C)cc3)oc12. The molecule has 2 aromatic carbocycles. The van der Waals surface area contributed by atoms with Gasteiger partial charge in [0.2, 0.25) is 5.78 Å². The van der Waals surface area contributed by atoms with Gasteiger partial charge in [-0.2, -0.15) is 0 Å². The quantitative estimate of drug-likeness (QED) is 0.452. The van der Waals surface area contributed by atoms with E-state index in [0.717, 1.165) is 24.2 Å². The minimum absolute atomic E-state index is 0.0299. The predicted molar refractivity (Wildman–Crippen MR) is 139 cm³/mol. The van der Waals surface area contributed by atoms with Crippen molar-refractivity contribution in [2.24, 2.45) is 0 Å². The Balaban J connectivity index is 1.52. The summed E-state index contributed by atoms with van der Waals surface area (Å²) in [6, 6.07) is 14.2. The molecule has 0 spiro atoms. The number of amides is 1. The highest BCUT2D eigenvalue weighted by molar-refractivity contribution is 6.16. The van der Waals surface area contributed by atoms with Crippen molar-refractivity contribution in [1.82, 2.24) is 9.80 Å². The molecule has 1 amide bonds. The number of morpholine rings is 1. The van der Waals surface area contributed by atoms with Crippen LogP contribution in [0.5, 0.6) is 5.75 Å². The van der Waals surface area contributed by atoms with Crippen LogP contribution in [0.1, 0.15) is 47.5 Å². The van der Waals surface area contributed by atoms with Gasteiger partial charge in [-0.25, -0.2) is 0 Å². The second-order valence-electron chi connectivity index (χ2n) is 9.76. The standard InChI is InChI=1S/C29H32N2O6/c1-18(2)19-7-9-20(10-8-19)25-24(26(32)23-17-21-5-4-6-22(35-3)28(21)37-23)27(33)29(34)31(25)12-11-30-13-15-36-16-14-30/h4-10,17-18,25,33H,11-16H2,1-3H3/t25-/m1/s1. The van der Waals surface area contributed by atoms with E-state index in [2.05, 4.69) is 18.7 Å². The molecule has 37 heavy (non-hydrogen) atoms. The first-order chi connectivity index (χ1) is 17.9. The van der Waals surface area contributed by atoms with Crippen LogP contribution in [0.4, 0.5) is 0 Å². The van der Waals surface area contributed by atoms with Crippen LogP contribution < -0.4 is 4.74 Å². The number of furan rings is 1. The lowest BCUT2D eigenvalue weighted by molar-refractivity contribution is -0.129. The van der Waals surface area contributed by atoms with E-state index in [4.69, 9.17) is 13.9 Å². The van der Waals surface area contributed by atoms with Crippen molar-refractivity contribution in [3.8, 4) is 5.75 Å². The molecule has 1 fully saturated rings. The fourth-order valence-electron chi connectivity index (χ4n) is 5.04. The number of rotatable bonds is 8. The van der Waals surface area contributed by atoms with E-state index in [1.54, 1.807) is 17.0 Å². The highest BCUT2D eigenvalue weighted by Gasteiger charge is 2.44. The van der Waals surface area contributed by atoms with Gasteiger partial charge in [-0.3, -0.25) is 14.5 Å². The van der Waals surface area contributed by atoms with Crippen molar-refractivity contribution < 1.29 is 28.6 Å². The molecule has 3 heterocycles. The molecule has 0 saturated carbocycles. The molecular formula is C29H32N2O6. The van der Waals surface area contributed by atoms with E-state index in [1.807, 2.05) is 36.4 Å². The van der Waals surface area contributed by atoms with E-state index >= 15 is 0 Å². The van der Waals surface area contributed by atoms with Crippen molar-refractivity contribution in [3.05, 3.63) is 76.8 Å². The van der Waals surface area contributed by atoms with E-state index in [-0.39, 0.29) is 11.3 Å². The van der Waals surface area contributed by atoms with E-state index in [0.29, 0.717) is 48.9 Å². The lowest BCUT2D eigenvalue weighted by Crippen LogP contribution is -2.43. The molecule has 194 valence electrons. The Hall–Kier alpha value is -3.62. The van der Waals surface area contributed by atoms with Crippen LogP contribution in [0, 0.1) is 0 Å². The molecule has 3 aromatic rings. The Morgan fingerprint density at radius 1 is 1.11 bits per heavy atom. The summed E-state index contributed by atoms with van der Waals surface area (Å²) < 4.78 is 16.7. The largest absolute Gasteiger partial charge is 0.503 e. The van der Waals surface area contributed by atoms with Gasteiger partial charge in [-0.1, -0.05) is 50.2 Å². The zero-order valence-corrected chi connectivity index (χ0v) is 21.4. The van der Waals surface area contributed by atoms with Crippen molar-refractivity contribution >= 4 is 22.7 Å². The third-order valence-corrected chi connectivity index (χ3v) is 7.18. The van der Waals surface area contributed by atoms with E-state index in [9.17, 15) is 14.7 Å². The topological polar surface area (TPSA) is 92.5 Å². The van der Waals surface area contributed by atoms with Crippen LogP contribution in [0.2, 0.25) is 0 Å². The summed E-state index contributed by atoms with van der Waals surface area (Å²) >= 11 is 0. The number of nitrogens with zero attached hydrogens (tertiary/aromatic N) is 2. The minimum Gasteiger partial charge on any atom is -0.503 e. The van der Waals surface area contributed by atoms with Crippen LogP contribution in [0.3, 0.4) is 0 Å². The van der Waals surface area contributed by atoms with Crippen LogP contribution >= 0.6 is 0 Å². The van der Waals surface area contributed by atoms with Crippen LogP contribution in [-0.2, 0) is 9.53 Å². The molecule has 8 heteroatoms. The van der Waals surface area contributed by atoms with Gasteiger partial charge in [-0.05, 0) is 29.2 Å². The first kappa shape index (κ1) is 25.0. The van der Waals surface area contributed by atoms with Crippen molar-refractivity contribution in [2.45, 2.75) is 25.8 Å². The number of ether oxygens (including phenoxy) is 2. The van der Waals surface area contributed by atoms with Gasteiger partial charge in [0.25, 0.3) is 5.91 Å². The fraction of sp³-hybridized carbons (Fsp3) is 0.379. The Kier molecular flexibility index (Phi) is 7.04. The predicted octanol–water partition coefficient (Wildman–Crippen LogP) is 4.48. The smallest absolute Gasteiger partial charge is 0.290 e. The first-order valence-corrected chi connectivity index (χ1v) is 12.6. The summed E-state index contributed by atoms with van der Waals surface area (Å²) in [5.74, 6) is -0.707. The summed E-state index contributed by atoms with van der Waals surface area (Å²) in [6.45, 7) is 8.06. The van der Waals surface area contributed by atoms with E-state index in [1.165, 1.54) is 7.11 Å². The molecule has 0 aliphatic carbocycles. The zero-order chi connectivity index (χ0) is 26.1. The summed E-state index contributed by atoms with van der Waals surface area (Å²) in [7, 11) is 1.53. The Labute approximate surface area is 216 Å². The lowest BCUT2D eigenvalue weighted by Gasteiger charge is -2.31. The molecule has 1 atom stereocenters. The van der Waals surface area contributed by atoms with Crippen LogP contribution in [0.25, 0.3) is 11.0 Å². The molecular weight excluding hydrogens is 472 g/mol. The van der Waals surface area contributed by atoms with Gasteiger partial charge in [0.1, 0.15) is 0 Å². The third kappa shape index (κ3) is 4.74. The number of hydrogen-bond acceptors (Lipinski definition) is 7. The Bertz CT molecular complexity index is 1330. The highest BCUT2D eigenvalue weighted by atomic mass is 16.5. The molecule has 1 aromatic heterocycles. The third-order valence-electron chi connectivity index (χ3n) is 7.18. The zero-order valence-electron chi connectivity index (χ0n) is 21.4. The summed E-state index contributed by atoms with van der Waals surface area (Å²) in [4.78, 5) is 31.0. The summed E-state index contributed by atoms with van der Waals surface area (Å²) in [5.41, 5.74) is 2.39. The van der Waals surface area contributed by atoms with Crippen molar-refractivity contribution in [3.63, 3.8) is 0 Å². The molecule has 8 nitrogen and oxygen atoms in total. The van der Waals surface area contributed by atoms with E-state index < -0.39 is 23.5 Å². The number of carbonyl (C=O) groups is 2. The first-order valence-electron chi connectivity index (χ1n) is 12.6. The van der Waals surface area contributed by atoms with Gasteiger partial charge >= 0.3 is 0 Å². The number of aliphatic hydroxyl groups is 1. The normalized spacial score (nSPS) is 18.9. The minimum atomic E-state index is -0.725. The number of fused-ring (bicyclic) bond motifs is 1. The monoisotopic (exact) mass is 504 g/mol. The molecule has 5 rings (SSSR count). The molecule has 0 radical (unpaired) electrons. The molecule has 0 unspecified atom stereocenters. The number of ketones is 1. The van der Waals surface area contributed by atoms with Crippen molar-refractivity contribution in [1.29, 1.82) is 0 Å². The van der Waals surface area contributed by atoms with Crippen LogP contribution in [0.15, 0.2) is 64.3 Å². The number of benzene rings is 2. The van der Waals surface area contributed by atoms with Crippen LogP contribution in [-0.4, -0.2) is 73.1 Å². The second-order valence-corrected chi connectivity index (χ2v) is 9.76. The summed E-state index contributed by atoms with van der Waals surface area (Å²) in [6.07, 6.45) is 0. The van der Waals surface area contributed by atoms with Gasteiger partial charge in [0.05, 0.1) is 31.9 Å². The molecule has 1 N–H and O–H groups in total. The average molecular weight is 505 g/mol. The maximum atomic E-state index is 13.8. The van der Waals surface area contributed by atoms with Gasteiger partial charge in [-0.15, -0.1) is 0 Å². The van der Waals surface area contributed by atoms with Crippen molar-refractivity contribution in [2.75, 3.05) is 46.5 Å². The Morgan fingerprint density at radius 3 is 2.51 bits per heavy atom. The molecule has 1 saturated heterocycles. The fourth-order valence-corrected chi connectivity index (χ4v) is 5.04. The average Bonchev–Trinajstić information content (AvgIpc) is 3.47. The molecule has 2 aliphatic rings. The van der Waals surface area contributed by atoms with Gasteiger partial charge in [0, 0.05) is 31.6 Å². The number of para-hydroxylation sites is 1. The molecule has 2 aliphatic heterocycles. The number of carbonyl (C=O) groups excluding carboxylic acids is 2. The highest BCUT2D eigenvalue weighted by Crippen LogP contribution is 2.40. The maximum absolute atomic E-state index is 13.8. The summed E-state index contributed by atoms with van der Waals surface area (Å²) in [5, 5.41) is 11.7. The number of methoxy groups -OCH3 is 1. The van der Waals surface area contributed by atoms with Gasteiger partial charge in [0.15, 0.2) is 22.9 Å². The number of aliphatic hydroxyl groups excluding tert-OH is 1. The number of Topliss-reactive ketones (excluding diaryl/α,β-unsaturated/α-hetero) is 1. The maximum Gasteiger partial charge on any atom is 0.290 e. The lowest BCUT2D eigenvalue weighted by atomic mass is 9.93.